The maximum atomic E-state index is 13.3. The van der Waals surface area contributed by atoms with Crippen molar-refractivity contribution in [1.82, 2.24) is 4.90 Å². The SMILES string of the molecule is CCCN1C(=O)C(Nc2cc(C)cc(C)c2)=C(c2ccc(F)cc2)C1=O. The Morgan fingerprint density at radius 3 is 2.15 bits per heavy atom. The minimum absolute atomic E-state index is 0.236. The molecule has 0 bridgehead atoms. The number of amides is 2. The van der Waals surface area contributed by atoms with Gasteiger partial charge in [0.2, 0.25) is 0 Å². The molecule has 0 saturated heterocycles. The lowest BCUT2D eigenvalue weighted by atomic mass is 10.0. The molecule has 1 aliphatic heterocycles. The molecule has 2 aromatic rings. The molecular weight excluding hydrogens is 331 g/mol. The molecule has 0 fully saturated rings. The van der Waals surface area contributed by atoms with Crippen LogP contribution in [0.3, 0.4) is 0 Å². The summed E-state index contributed by atoms with van der Waals surface area (Å²) in [5.41, 5.74) is 3.90. The van der Waals surface area contributed by atoms with Crippen molar-refractivity contribution in [3.63, 3.8) is 0 Å². The Morgan fingerprint density at radius 2 is 1.58 bits per heavy atom. The molecule has 2 aromatic carbocycles. The Labute approximate surface area is 152 Å². The molecule has 0 aromatic heterocycles. The van der Waals surface area contributed by atoms with Gasteiger partial charge in [0.1, 0.15) is 11.5 Å². The number of nitrogens with one attached hydrogen (secondary N) is 1. The predicted molar refractivity (Wildman–Crippen MR) is 99.9 cm³/mol. The number of rotatable bonds is 5. The van der Waals surface area contributed by atoms with Crippen molar-refractivity contribution in [2.75, 3.05) is 11.9 Å². The van der Waals surface area contributed by atoms with Crippen LogP contribution in [0.15, 0.2) is 48.2 Å². The average Bonchev–Trinajstić information content (AvgIpc) is 2.80. The molecule has 1 heterocycles. The van der Waals surface area contributed by atoms with Gasteiger partial charge in [-0.3, -0.25) is 14.5 Å². The first-order chi connectivity index (χ1) is 12.4. The lowest BCUT2D eigenvalue weighted by molar-refractivity contribution is -0.136. The summed E-state index contributed by atoms with van der Waals surface area (Å²) in [5.74, 6) is -1.09. The van der Waals surface area contributed by atoms with Gasteiger partial charge in [-0.15, -0.1) is 0 Å². The summed E-state index contributed by atoms with van der Waals surface area (Å²) in [6.07, 6.45) is 0.672. The zero-order valence-electron chi connectivity index (χ0n) is 15.1. The van der Waals surface area contributed by atoms with E-state index in [0.717, 1.165) is 16.8 Å². The van der Waals surface area contributed by atoms with Gasteiger partial charge < -0.3 is 5.32 Å². The quantitative estimate of drug-likeness (QED) is 0.826. The van der Waals surface area contributed by atoms with E-state index < -0.39 is 0 Å². The number of hydrogen-bond donors (Lipinski definition) is 1. The van der Waals surface area contributed by atoms with Crippen LogP contribution in [-0.4, -0.2) is 23.3 Å². The average molecular weight is 352 g/mol. The summed E-state index contributed by atoms with van der Waals surface area (Å²) in [7, 11) is 0. The third-order valence-corrected chi connectivity index (χ3v) is 4.24. The van der Waals surface area contributed by atoms with Crippen LogP contribution in [0.4, 0.5) is 10.1 Å². The van der Waals surface area contributed by atoms with Gasteiger partial charge >= 0.3 is 0 Å². The van der Waals surface area contributed by atoms with E-state index >= 15 is 0 Å². The molecule has 0 radical (unpaired) electrons. The van der Waals surface area contributed by atoms with E-state index in [-0.39, 0.29) is 28.9 Å². The Balaban J connectivity index is 2.08. The highest BCUT2D eigenvalue weighted by molar-refractivity contribution is 6.36. The Kier molecular flexibility index (Phi) is 4.89. The van der Waals surface area contributed by atoms with Crippen LogP contribution in [0.25, 0.3) is 5.57 Å². The third-order valence-electron chi connectivity index (χ3n) is 4.24. The first-order valence-electron chi connectivity index (χ1n) is 8.62. The van der Waals surface area contributed by atoms with Gasteiger partial charge in [-0.1, -0.05) is 25.1 Å². The second kappa shape index (κ2) is 7.12. The number of hydrogen-bond acceptors (Lipinski definition) is 3. The van der Waals surface area contributed by atoms with Crippen molar-refractivity contribution < 1.29 is 14.0 Å². The maximum Gasteiger partial charge on any atom is 0.278 e. The summed E-state index contributed by atoms with van der Waals surface area (Å²) in [6, 6.07) is 11.5. The van der Waals surface area contributed by atoms with Gasteiger partial charge in [-0.25, -0.2) is 4.39 Å². The standard InChI is InChI=1S/C21H21FN2O2/c1-4-9-24-20(25)18(15-5-7-16(22)8-6-15)19(21(24)26)23-17-11-13(2)10-14(3)12-17/h5-8,10-12,23H,4,9H2,1-3H3. The molecule has 0 spiro atoms. The van der Waals surface area contributed by atoms with E-state index in [4.69, 9.17) is 0 Å². The van der Waals surface area contributed by atoms with Crippen LogP contribution in [0, 0.1) is 19.7 Å². The molecule has 0 atom stereocenters. The minimum Gasteiger partial charge on any atom is -0.350 e. The molecule has 4 nitrogen and oxygen atoms in total. The minimum atomic E-state index is -0.389. The number of imide groups is 1. The van der Waals surface area contributed by atoms with Crippen molar-refractivity contribution in [2.45, 2.75) is 27.2 Å². The summed E-state index contributed by atoms with van der Waals surface area (Å²) in [5, 5.41) is 3.13. The van der Waals surface area contributed by atoms with Crippen molar-refractivity contribution in [1.29, 1.82) is 0 Å². The van der Waals surface area contributed by atoms with Crippen molar-refractivity contribution >= 4 is 23.1 Å². The van der Waals surface area contributed by atoms with Crippen LogP contribution < -0.4 is 5.32 Å². The molecule has 5 heteroatoms. The number of anilines is 1. The second-order valence-corrected chi connectivity index (χ2v) is 6.52. The maximum absolute atomic E-state index is 13.3. The van der Waals surface area contributed by atoms with Gasteiger partial charge in [0.15, 0.2) is 0 Å². The Bertz CT molecular complexity index is 880. The number of carbonyl (C=O) groups excluding carboxylic acids is 2. The van der Waals surface area contributed by atoms with Gasteiger partial charge in [0.25, 0.3) is 11.8 Å². The molecule has 2 amide bonds. The zero-order valence-corrected chi connectivity index (χ0v) is 15.1. The Morgan fingerprint density at radius 1 is 0.962 bits per heavy atom. The highest BCUT2D eigenvalue weighted by atomic mass is 19.1. The number of halogens is 1. The first-order valence-corrected chi connectivity index (χ1v) is 8.62. The van der Waals surface area contributed by atoms with Crippen LogP contribution in [0.2, 0.25) is 0 Å². The molecule has 1 N–H and O–H groups in total. The van der Waals surface area contributed by atoms with Gasteiger partial charge in [0.05, 0.1) is 5.57 Å². The molecular formula is C21H21FN2O2. The molecule has 0 unspecified atom stereocenters. The van der Waals surface area contributed by atoms with E-state index in [2.05, 4.69) is 5.32 Å². The van der Waals surface area contributed by atoms with Crippen LogP contribution in [-0.2, 0) is 9.59 Å². The molecule has 0 aliphatic carbocycles. The fourth-order valence-electron chi connectivity index (χ4n) is 3.19. The summed E-state index contributed by atoms with van der Waals surface area (Å²) in [4.78, 5) is 26.9. The number of carbonyl (C=O) groups is 2. The number of benzene rings is 2. The molecule has 134 valence electrons. The highest BCUT2D eigenvalue weighted by Crippen LogP contribution is 2.31. The third kappa shape index (κ3) is 3.38. The summed E-state index contributed by atoms with van der Waals surface area (Å²) in [6.45, 7) is 6.20. The van der Waals surface area contributed by atoms with Gasteiger partial charge in [-0.2, -0.15) is 0 Å². The van der Waals surface area contributed by atoms with Gasteiger partial charge in [-0.05, 0) is 61.2 Å². The highest BCUT2D eigenvalue weighted by Gasteiger charge is 2.38. The topological polar surface area (TPSA) is 49.4 Å². The smallest absolute Gasteiger partial charge is 0.278 e. The van der Waals surface area contributed by atoms with E-state index in [0.29, 0.717) is 18.5 Å². The van der Waals surface area contributed by atoms with Crippen molar-refractivity contribution in [3.05, 3.63) is 70.7 Å². The van der Waals surface area contributed by atoms with Crippen molar-refractivity contribution in [2.24, 2.45) is 0 Å². The first kappa shape index (κ1) is 17.9. The van der Waals surface area contributed by atoms with Crippen LogP contribution in [0.1, 0.15) is 30.0 Å². The second-order valence-electron chi connectivity index (χ2n) is 6.52. The molecule has 1 aliphatic rings. The van der Waals surface area contributed by atoms with E-state index in [1.807, 2.05) is 39.0 Å². The fourth-order valence-corrected chi connectivity index (χ4v) is 3.19. The lowest BCUT2D eigenvalue weighted by Gasteiger charge is -2.14. The summed E-state index contributed by atoms with van der Waals surface area (Å²) < 4.78 is 13.3. The van der Waals surface area contributed by atoms with Crippen molar-refractivity contribution in [3.8, 4) is 0 Å². The van der Waals surface area contributed by atoms with E-state index in [1.165, 1.54) is 29.2 Å². The zero-order chi connectivity index (χ0) is 18.8. The number of aryl methyl sites for hydroxylation is 2. The lowest BCUT2D eigenvalue weighted by Crippen LogP contribution is -2.33. The molecule has 26 heavy (non-hydrogen) atoms. The van der Waals surface area contributed by atoms with E-state index in [1.54, 1.807) is 0 Å². The van der Waals surface area contributed by atoms with Crippen LogP contribution in [0.5, 0.6) is 0 Å². The molecule has 3 rings (SSSR count). The summed E-state index contributed by atoms with van der Waals surface area (Å²) >= 11 is 0. The largest absolute Gasteiger partial charge is 0.350 e. The predicted octanol–water partition coefficient (Wildman–Crippen LogP) is 4.04. The normalized spacial score (nSPS) is 14.4. The Hall–Kier alpha value is -2.95. The number of nitrogens with zero attached hydrogens (tertiary/aromatic N) is 1. The van der Waals surface area contributed by atoms with E-state index in [9.17, 15) is 14.0 Å². The van der Waals surface area contributed by atoms with Gasteiger partial charge in [0, 0.05) is 12.2 Å². The monoisotopic (exact) mass is 352 g/mol. The molecule has 0 saturated carbocycles. The fraction of sp³-hybridized carbons (Fsp3) is 0.238. The van der Waals surface area contributed by atoms with Crippen LogP contribution >= 0.6 is 0 Å².